The van der Waals surface area contributed by atoms with Gasteiger partial charge in [0.15, 0.2) is 0 Å². The minimum atomic E-state index is 0.0917. The summed E-state index contributed by atoms with van der Waals surface area (Å²) in [5, 5.41) is 0. The summed E-state index contributed by atoms with van der Waals surface area (Å²) in [6, 6.07) is 29.4. The predicted octanol–water partition coefficient (Wildman–Crippen LogP) is 4.72. The van der Waals surface area contributed by atoms with Gasteiger partial charge in [0.1, 0.15) is 23.6 Å². The van der Waals surface area contributed by atoms with Gasteiger partial charge in [0.25, 0.3) is 0 Å². The van der Waals surface area contributed by atoms with Crippen LogP contribution in [0.25, 0.3) is 11.3 Å². The lowest BCUT2D eigenvalue weighted by Gasteiger charge is -2.35. The van der Waals surface area contributed by atoms with Crippen LogP contribution >= 0.6 is 0 Å². The largest absolute Gasteiger partial charge is 0.457 e. The minimum absolute atomic E-state index is 0.0917. The molecular weight excluding hydrogens is 450 g/mol. The van der Waals surface area contributed by atoms with Crippen molar-refractivity contribution in [3.05, 3.63) is 97.3 Å². The maximum absolute atomic E-state index is 12.8. The van der Waals surface area contributed by atoms with Gasteiger partial charge in [-0.25, -0.2) is 9.97 Å². The summed E-state index contributed by atoms with van der Waals surface area (Å²) < 4.78 is 6.13. The topological polar surface area (TPSA) is 61.8 Å². The molecule has 0 N–H and O–H groups in total. The Kier molecular flexibility index (Phi) is 7.19. The first-order valence-corrected chi connectivity index (χ1v) is 12.1. The Hall–Kier alpha value is -4.23. The second kappa shape index (κ2) is 11.0. The van der Waals surface area contributed by atoms with Gasteiger partial charge in [-0.2, -0.15) is 0 Å². The maximum atomic E-state index is 12.8. The van der Waals surface area contributed by atoms with E-state index in [9.17, 15) is 4.79 Å². The lowest BCUT2D eigenvalue weighted by Crippen LogP contribution is -2.50. The number of amides is 1. The van der Waals surface area contributed by atoms with Crippen molar-refractivity contribution >= 4 is 17.4 Å². The molecule has 0 radical (unpaired) electrons. The number of carbonyl (C=O) groups is 1. The zero-order chi connectivity index (χ0) is 24.7. The van der Waals surface area contributed by atoms with E-state index in [2.05, 4.69) is 19.8 Å². The van der Waals surface area contributed by atoms with E-state index in [1.165, 1.54) is 0 Å². The number of ether oxygens (including phenoxy) is 1. The summed E-state index contributed by atoms with van der Waals surface area (Å²) in [4.78, 5) is 28.0. The fourth-order valence-corrected chi connectivity index (χ4v) is 4.28. The number of rotatable bonds is 7. The molecule has 0 bridgehead atoms. The smallest absolute Gasteiger partial charge is 0.240 e. The summed E-state index contributed by atoms with van der Waals surface area (Å²) in [5.74, 6) is 2.50. The molecule has 0 aliphatic carbocycles. The van der Waals surface area contributed by atoms with E-state index in [-0.39, 0.29) is 5.91 Å². The first kappa shape index (κ1) is 23.5. The zero-order valence-corrected chi connectivity index (χ0v) is 20.3. The lowest BCUT2D eigenvalue weighted by atomic mass is 10.1. The van der Waals surface area contributed by atoms with Crippen molar-refractivity contribution in [2.75, 3.05) is 49.6 Å². The Morgan fingerprint density at radius 3 is 2.28 bits per heavy atom. The lowest BCUT2D eigenvalue weighted by molar-refractivity contribution is -0.119. The molecule has 7 nitrogen and oxygen atoms in total. The van der Waals surface area contributed by atoms with E-state index < -0.39 is 0 Å². The van der Waals surface area contributed by atoms with Crippen molar-refractivity contribution in [2.45, 2.75) is 0 Å². The molecule has 7 heteroatoms. The van der Waals surface area contributed by atoms with Gasteiger partial charge in [0, 0.05) is 50.5 Å². The SMILES string of the molecule is CN(C(=O)CN1CCN(c2cc(-c3ccccc3Oc3ccccc3)ncn2)CC1)c1ccccc1. The first-order valence-electron chi connectivity index (χ1n) is 12.1. The van der Waals surface area contributed by atoms with Crippen molar-refractivity contribution in [3.63, 3.8) is 0 Å². The van der Waals surface area contributed by atoms with E-state index in [1.807, 2.05) is 98.0 Å². The molecule has 4 aromatic rings. The zero-order valence-electron chi connectivity index (χ0n) is 20.3. The van der Waals surface area contributed by atoms with Crippen molar-refractivity contribution in [1.82, 2.24) is 14.9 Å². The van der Waals surface area contributed by atoms with Gasteiger partial charge < -0.3 is 14.5 Å². The molecule has 0 saturated carbocycles. The molecule has 182 valence electrons. The Morgan fingerprint density at radius 2 is 1.53 bits per heavy atom. The van der Waals surface area contributed by atoms with Crippen molar-refractivity contribution in [3.8, 4) is 22.8 Å². The average Bonchev–Trinajstić information content (AvgIpc) is 2.94. The number of likely N-dealkylation sites (N-methyl/N-ethyl adjacent to an activating group) is 1. The minimum Gasteiger partial charge on any atom is -0.457 e. The molecular formula is C29H29N5O2. The van der Waals surface area contributed by atoms with Gasteiger partial charge >= 0.3 is 0 Å². The quantitative estimate of drug-likeness (QED) is 0.382. The molecule has 2 heterocycles. The molecule has 1 aromatic heterocycles. The van der Waals surface area contributed by atoms with E-state index >= 15 is 0 Å². The molecule has 0 unspecified atom stereocenters. The van der Waals surface area contributed by atoms with Gasteiger partial charge in [-0.05, 0) is 36.4 Å². The molecule has 1 fully saturated rings. The number of piperazine rings is 1. The maximum Gasteiger partial charge on any atom is 0.240 e. The van der Waals surface area contributed by atoms with Crippen LogP contribution in [-0.2, 0) is 4.79 Å². The monoisotopic (exact) mass is 479 g/mol. The first-order chi connectivity index (χ1) is 17.7. The summed E-state index contributed by atoms with van der Waals surface area (Å²) >= 11 is 0. The van der Waals surface area contributed by atoms with Crippen LogP contribution in [0, 0.1) is 0 Å². The Bertz CT molecular complexity index is 1290. The average molecular weight is 480 g/mol. The van der Waals surface area contributed by atoms with Gasteiger partial charge in [-0.1, -0.05) is 48.5 Å². The molecule has 36 heavy (non-hydrogen) atoms. The highest BCUT2D eigenvalue weighted by Crippen LogP contribution is 2.33. The number of hydrogen-bond donors (Lipinski definition) is 0. The van der Waals surface area contributed by atoms with Crippen molar-refractivity contribution < 1.29 is 9.53 Å². The van der Waals surface area contributed by atoms with Crippen LogP contribution in [0.3, 0.4) is 0 Å². The molecule has 1 amide bonds. The second-order valence-electron chi connectivity index (χ2n) is 8.72. The van der Waals surface area contributed by atoms with Gasteiger partial charge in [0.2, 0.25) is 5.91 Å². The third kappa shape index (κ3) is 5.53. The highest BCUT2D eigenvalue weighted by molar-refractivity contribution is 5.94. The molecule has 5 rings (SSSR count). The fraction of sp³-hybridized carbons (Fsp3) is 0.207. The summed E-state index contributed by atoms with van der Waals surface area (Å²) in [6.07, 6.45) is 1.61. The number of benzene rings is 3. The van der Waals surface area contributed by atoms with Crippen LogP contribution in [0.1, 0.15) is 0 Å². The normalized spacial score (nSPS) is 13.9. The molecule has 1 saturated heterocycles. The number of nitrogens with zero attached hydrogens (tertiary/aromatic N) is 5. The number of carbonyl (C=O) groups excluding carboxylic acids is 1. The van der Waals surface area contributed by atoms with E-state index in [4.69, 9.17) is 4.74 Å². The second-order valence-corrected chi connectivity index (χ2v) is 8.72. The van der Waals surface area contributed by atoms with E-state index in [1.54, 1.807) is 11.2 Å². The highest BCUT2D eigenvalue weighted by Gasteiger charge is 2.22. The summed E-state index contributed by atoms with van der Waals surface area (Å²) in [7, 11) is 1.83. The summed E-state index contributed by atoms with van der Waals surface area (Å²) in [5.41, 5.74) is 2.64. The summed E-state index contributed by atoms with van der Waals surface area (Å²) in [6.45, 7) is 3.57. The van der Waals surface area contributed by atoms with E-state index in [0.29, 0.717) is 6.54 Å². The predicted molar refractivity (Wildman–Crippen MR) is 142 cm³/mol. The Balaban J connectivity index is 1.23. The van der Waals surface area contributed by atoms with Gasteiger partial charge in [-0.3, -0.25) is 9.69 Å². The third-order valence-corrected chi connectivity index (χ3v) is 6.36. The van der Waals surface area contributed by atoms with Crippen molar-refractivity contribution in [1.29, 1.82) is 0 Å². The van der Waals surface area contributed by atoms with Crippen molar-refractivity contribution in [2.24, 2.45) is 0 Å². The van der Waals surface area contributed by atoms with Crippen LogP contribution in [-0.4, -0.2) is 60.5 Å². The molecule has 1 aliphatic rings. The van der Waals surface area contributed by atoms with Crippen LogP contribution in [0.5, 0.6) is 11.5 Å². The van der Waals surface area contributed by atoms with Crippen LogP contribution in [0.15, 0.2) is 97.3 Å². The standard InChI is InChI=1S/C29H29N5O2/c1-32(23-10-4-2-5-11-23)29(35)21-33-16-18-34(19-17-33)28-20-26(30-22-31-28)25-14-8-9-15-27(25)36-24-12-6-3-7-13-24/h2-15,20,22H,16-19,21H2,1H3. The Labute approximate surface area is 211 Å². The van der Waals surface area contributed by atoms with Crippen LogP contribution < -0.4 is 14.5 Å². The number of para-hydroxylation sites is 3. The fourth-order valence-electron chi connectivity index (χ4n) is 4.28. The van der Waals surface area contributed by atoms with E-state index in [0.717, 1.165) is 60.4 Å². The third-order valence-electron chi connectivity index (χ3n) is 6.36. The molecule has 1 aliphatic heterocycles. The number of anilines is 2. The Morgan fingerprint density at radius 1 is 0.861 bits per heavy atom. The van der Waals surface area contributed by atoms with Crippen LogP contribution in [0.4, 0.5) is 11.5 Å². The highest BCUT2D eigenvalue weighted by atomic mass is 16.5. The molecule has 0 spiro atoms. The van der Waals surface area contributed by atoms with Crippen LogP contribution in [0.2, 0.25) is 0 Å². The van der Waals surface area contributed by atoms with Gasteiger partial charge in [-0.15, -0.1) is 0 Å². The molecule has 0 atom stereocenters. The molecule has 3 aromatic carbocycles. The number of aromatic nitrogens is 2. The van der Waals surface area contributed by atoms with Gasteiger partial charge in [0.05, 0.1) is 12.2 Å². The number of hydrogen-bond acceptors (Lipinski definition) is 6.